The lowest BCUT2D eigenvalue weighted by molar-refractivity contribution is 0.00746. The molecule has 0 unspecified atom stereocenters. The van der Waals surface area contributed by atoms with Crippen molar-refractivity contribution in [3.8, 4) is 0 Å². The highest BCUT2D eigenvalue weighted by Gasteiger charge is 2.24. The van der Waals surface area contributed by atoms with Crippen LogP contribution in [0.5, 0.6) is 0 Å². The van der Waals surface area contributed by atoms with Gasteiger partial charge in [-0.15, -0.1) is 11.3 Å². The van der Waals surface area contributed by atoms with Gasteiger partial charge in [0.2, 0.25) is 0 Å². The van der Waals surface area contributed by atoms with Crippen LogP contribution in [0.15, 0.2) is 33.9 Å². The topological polar surface area (TPSA) is 81.2 Å². The quantitative estimate of drug-likeness (QED) is 0.649. The highest BCUT2D eigenvalue weighted by Crippen LogP contribution is 2.28. The molecule has 0 spiro atoms. The number of carbonyl (C=O) groups is 1. The van der Waals surface area contributed by atoms with Crippen LogP contribution in [-0.2, 0) is 17.7 Å². The van der Waals surface area contributed by atoms with E-state index in [-0.39, 0.29) is 6.54 Å². The molecule has 2 aromatic heterocycles. The standard InChI is InChI=1S/C20H21ClN2O4S/c1-11-14-16(28-15(11)18(25)27-20(2,3)4)22-19(26)23(17(14)24)10-9-12-7-5-6-8-13(12)21/h5-8H,9-10H2,1-4H3,(H,22,26). The smallest absolute Gasteiger partial charge is 0.349 e. The Balaban J connectivity index is 2.01. The number of benzene rings is 1. The first kappa shape index (κ1) is 20.4. The molecule has 0 saturated carbocycles. The van der Waals surface area contributed by atoms with Crippen LogP contribution in [0.25, 0.3) is 10.2 Å². The number of nitrogens with zero attached hydrogens (tertiary/aromatic N) is 1. The van der Waals surface area contributed by atoms with Gasteiger partial charge in [0.25, 0.3) is 5.56 Å². The van der Waals surface area contributed by atoms with Crippen LogP contribution in [0.2, 0.25) is 5.02 Å². The van der Waals surface area contributed by atoms with Gasteiger partial charge in [-0.05, 0) is 51.3 Å². The summed E-state index contributed by atoms with van der Waals surface area (Å²) in [5.41, 5.74) is -0.215. The zero-order valence-electron chi connectivity index (χ0n) is 16.1. The molecule has 0 radical (unpaired) electrons. The van der Waals surface area contributed by atoms with Crippen molar-refractivity contribution in [2.75, 3.05) is 0 Å². The summed E-state index contributed by atoms with van der Waals surface area (Å²) in [5.74, 6) is -0.505. The maximum atomic E-state index is 13.0. The molecule has 148 valence electrons. The Morgan fingerprint density at radius 1 is 1.25 bits per heavy atom. The van der Waals surface area contributed by atoms with Gasteiger partial charge in [-0.3, -0.25) is 14.3 Å². The number of H-pyrrole nitrogens is 1. The van der Waals surface area contributed by atoms with E-state index in [0.29, 0.717) is 32.1 Å². The Bertz CT molecular complexity index is 1170. The third-order valence-electron chi connectivity index (χ3n) is 4.22. The molecule has 2 heterocycles. The van der Waals surface area contributed by atoms with E-state index in [1.807, 2.05) is 18.2 Å². The number of ether oxygens (including phenoxy) is 1. The number of esters is 1. The minimum Gasteiger partial charge on any atom is -0.456 e. The second-order valence-corrected chi connectivity index (χ2v) is 8.92. The van der Waals surface area contributed by atoms with E-state index in [9.17, 15) is 14.4 Å². The van der Waals surface area contributed by atoms with E-state index in [1.165, 1.54) is 0 Å². The van der Waals surface area contributed by atoms with Gasteiger partial charge in [0.1, 0.15) is 15.3 Å². The summed E-state index contributed by atoms with van der Waals surface area (Å²) in [7, 11) is 0. The van der Waals surface area contributed by atoms with Gasteiger partial charge in [0, 0.05) is 11.6 Å². The highest BCUT2D eigenvalue weighted by molar-refractivity contribution is 7.20. The van der Waals surface area contributed by atoms with Gasteiger partial charge in [-0.1, -0.05) is 29.8 Å². The van der Waals surface area contributed by atoms with Crippen molar-refractivity contribution in [1.29, 1.82) is 0 Å². The molecular formula is C20H21ClN2O4S. The second kappa shape index (κ2) is 7.56. The van der Waals surface area contributed by atoms with Gasteiger partial charge < -0.3 is 4.74 Å². The summed E-state index contributed by atoms with van der Waals surface area (Å²) in [6, 6.07) is 7.30. The number of fused-ring (bicyclic) bond motifs is 1. The fourth-order valence-electron chi connectivity index (χ4n) is 2.91. The molecule has 8 heteroatoms. The molecule has 0 aliphatic carbocycles. The SMILES string of the molecule is Cc1c(C(=O)OC(C)(C)C)sc2[nH]c(=O)n(CCc3ccccc3Cl)c(=O)c12. The average molecular weight is 421 g/mol. The van der Waals surface area contributed by atoms with Gasteiger partial charge in [0.15, 0.2) is 0 Å². The summed E-state index contributed by atoms with van der Waals surface area (Å²) >= 11 is 7.22. The van der Waals surface area contributed by atoms with Crippen molar-refractivity contribution in [2.45, 2.75) is 46.3 Å². The molecule has 0 bridgehead atoms. The van der Waals surface area contributed by atoms with E-state index in [0.717, 1.165) is 21.5 Å². The van der Waals surface area contributed by atoms with Crippen LogP contribution < -0.4 is 11.2 Å². The Labute approximate surface area is 170 Å². The van der Waals surface area contributed by atoms with Crippen LogP contribution in [0.1, 0.15) is 41.6 Å². The fraction of sp³-hybridized carbons (Fsp3) is 0.350. The van der Waals surface area contributed by atoms with Gasteiger partial charge >= 0.3 is 11.7 Å². The third kappa shape index (κ3) is 4.05. The van der Waals surface area contributed by atoms with Crippen molar-refractivity contribution >= 4 is 39.1 Å². The number of aromatic amines is 1. The van der Waals surface area contributed by atoms with E-state index in [1.54, 1.807) is 33.8 Å². The number of thiophene rings is 1. The van der Waals surface area contributed by atoms with Crippen LogP contribution >= 0.6 is 22.9 Å². The summed E-state index contributed by atoms with van der Waals surface area (Å²) < 4.78 is 6.55. The lowest BCUT2D eigenvalue weighted by atomic mass is 10.1. The van der Waals surface area contributed by atoms with E-state index in [4.69, 9.17) is 16.3 Å². The van der Waals surface area contributed by atoms with Crippen molar-refractivity contribution in [3.63, 3.8) is 0 Å². The zero-order chi connectivity index (χ0) is 20.6. The molecule has 0 aliphatic heterocycles. The Kier molecular flexibility index (Phi) is 5.50. The van der Waals surface area contributed by atoms with Crippen molar-refractivity contribution in [2.24, 2.45) is 0 Å². The predicted octanol–water partition coefficient (Wildman–Crippen LogP) is 3.91. The first-order valence-electron chi connectivity index (χ1n) is 8.81. The summed E-state index contributed by atoms with van der Waals surface area (Å²) in [4.78, 5) is 41.3. The first-order valence-corrected chi connectivity index (χ1v) is 10.0. The third-order valence-corrected chi connectivity index (χ3v) is 5.77. The number of nitrogens with one attached hydrogen (secondary N) is 1. The molecule has 3 aromatic rings. The molecular weight excluding hydrogens is 400 g/mol. The Morgan fingerprint density at radius 3 is 2.57 bits per heavy atom. The maximum absolute atomic E-state index is 13.0. The van der Waals surface area contributed by atoms with Crippen LogP contribution in [-0.4, -0.2) is 21.1 Å². The van der Waals surface area contributed by atoms with E-state index < -0.39 is 22.8 Å². The van der Waals surface area contributed by atoms with Crippen LogP contribution in [0.3, 0.4) is 0 Å². The first-order chi connectivity index (χ1) is 13.1. The normalized spacial score (nSPS) is 11.8. The van der Waals surface area contributed by atoms with E-state index >= 15 is 0 Å². The minimum atomic E-state index is -0.651. The number of aromatic nitrogens is 2. The van der Waals surface area contributed by atoms with Crippen LogP contribution in [0.4, 0.5) is 0 Å². The molecule has 1 aromatic carbocycles. The number of hydrogen-bond donors (Lipinski definition) is 1. The molecule has 0 atom stereocenters. The molecule has 0 amide bonds. The Hall–Kier alpha value is -2.38. The zero-order valence-corrected chi connectivity index (χ0v) is 17.7. The lowest BCUT2D eigenvalue weighted by Crippen LogP contribution is -2.35. The number of carbonyl (C=O) groups excluding carboxylic acids is 1. The van der Waals surface area contributed by atoms with Crippen molar-refractivity contribution < 1.29 is 9.53 Å². The van der Waals surface area contributed by atoms with Gasteiger partial charge in [0.05, 0.1) is 5.39 Å². The number of halogens is 1. The highest BCUT2D eigenvalue weighted by atomic mass is 35.5. The van der Waals surface area contributed by atoms with Crippen molar-refractivity contribution in [1.82, 2.24) is 9.55 Å². The largest absolute Gasteiger partial charge is 0.456 e. The summed E-state index contributed by atoms with van der Waals surface area (Å²) in [6.45, 7) is 7.20. The maximum Gasteiger partial charge on any atom is 0.349 e. The number of aryl methyl sites for hydroxylation is 2. The predicted molar refractivity (Wildman–Crippen MR) is 112 cm³/mol. The van der Waals surface area contributed by atoms with Crippen LogP contribution in [0, 0.1) is 6.92 Å². The molecule has 3 rings (SSSR count). The molecule has 28 heavy (non-hydrogen) atoms. The summed E-state index contributed by atoms with van der Waals surface area (Å²) in [5, 5.41) is 0.927. The number of hydrogen-bond acceptors (Lipinski definition) is 5. The second-order valence-electron chi connectivity index (χ2n) is 7.49. The van der Waals surface area contributed by atoms with E-state index in [2.05, 4.69) is 4.98 Å². The van der Waals surface area contributed by atoms with Crippen molar-refractivity contribution in [3.05, 3.63) is 66.1 Å². The monoisotopic (exact) mass is 420 g/mol. The molecule has 6 nitrogen and oxygen atoms in total. The average Bonchev–Trinajstić information content (AvgIpc) is 2.91. The summed E-state index contributed by atoms with van der Waals surface area (Å²) in [6.07, 6.45) is 0.441. The Morgan fingerprint density at radius 2 is 1.93 bits per heavy atom. The number of rotatable bonds is 4. The lowest BCUT2D eigenvalue weighted by Gasteiger charge is -2.19. The molecule has 0 aliphatic rings. The molecule has 0 fully saturated rings. The van der Waals surface area contributed by atoms with Gasteiger partial charge in [-0.25, -0.2) is 9.59 Å². The van der Waals surface area contributed by atoms with Gasteiger partial charge in [-0.2, -0.15) is 0 Å². The fourth-order valence-corrected chi connectivity index (χ4v) is 4.20. The molecule has 0 saturated heterocycles. The molecule has 1 N–H and O–H groups in total. The minimum absolute atomic E-state index is 0.185.